The van der Waals surface area contributed by atoms with Gasteiger partial charge in [-0.05, 0) is 31.2 Å². The van der Waals surface area contributed by atoms with Crippen molar-refractivity contribution in [1.29, 1.82) is 0 Å². The van der Waals surface area contributed by atoms with Crippen LogP contribution in [0.4, 0.5) is 0 Å². The molecule has 1 fully saturated rings. The molecule has 1 heterocycles. The lowest BCUT2D eigenvalue weighted by Crippen LogP contribution is -2.56. The van der Waals surface area contributed by atoms with Crippen molar-refractivity contribution in [2.75, 3.05) is 6.61 Å². The van der Waals surface area contributed by atoms with Crippen molar-refractivity contribution in [3.05, 3.63) is 65.7 Å². The predicted molar refractivity (Wildman–Crippen MR) is 96.8 cm³/mol. The summed E-state index contributed by atoms with van der Waals surface area (Å²) in [4.78, 5) is 12.1. The Morgan fingerprint density at radius 2 is 1.71 bits per heavy atom. The number of hydrogen-bond acceptors (Lipinski definition) is 8. The lowest BCUT2D eigenvalue weighted by molar-refractivity contribution is -0.243. The van der Waals surface area contributed by atoms with Gasteiger partial charge in [-0.3, -0.25) is 4.18 Å². The fourth-order valence-corrected chi connectivity index (χ4v) is 3.70. The van der Waals surface area contributed by atoms with Gasteiger partial charge in [-0.25, -0.2) is 4.79 Å². The predicted octanol–water partition coefficient (Wildman–Crippen LogP) is 1.00. The van der Waals surface area contributed by atoms with Crippen LogP contribution in [0.5, 0.6) is 0 Å². The molecule has 0 amide bonds. The maximum atomic E-state index is 12.6. The molecule has 150 valence electrons. The lowest BCUT2D eigenvalue weighted by Gasteiger charge is -2.36. The van der Waals surface area contributed by atoms with E-state index in [0.29, 0.717) is 0 Å². The third-order valence-electron chi connectivity index (χ3n) is 4.21. The van der Waals surface area contributed by atoms with Gasteiger partial charge >= 0.3 is 5.97 Å². The largest absolute Gasteiger partial charge is 0.429 e. The van der Waals surface area contributed by atoms with Crippen molar-refractivity contribution in [2.24, 2.45) is 0 Å². The summed E-state index contributed by atoms with van der Waals surface area (Å²) in [6.07, 6.45) is -6.19. The minimum Gasteiger partial charge on any atom is -0.429 e. The number of hydrogen-bond donors (Lipinski definition) is 2. The molecule has 2 N–H and O–H groups in total. The van der Waals surface area contributed by atoms with Crippen LogP contribution in [0.25, 0.3) is 0 Å². The molecule has 0 aromatic heterocycles. The SMILES string of the molecule is Cc1ccc(S(=O)(=O)O[C@@H]2[C@@H](OC(=O)c3ccccc3)OC[C@@H](O)[C@@H]2O)cc1. The van der Waals surface area contributed by atoms with Gasteiger partial charge in [-0.1, -0.05) is 35.9 Å². The van der Waals surface area contributed by atoms with Gasteiger partial charge < -0.3 is 19.7 Å². The highest BCUT2D eigenvalue weighted by Crippen LogP contribution is 2.25. The normalized spacial score (nSPS) is 25.2. The maximum absolute atomic E-state index is 12.6. The van der Waals surface area contributed by atoms with Crippen molar-refractivity contribution in [2.45, 2.75) is 36.4 Å². The number of carbonyl (C=O) groups is 1. The van der Waals surface area contributed by atoms with Crippen molar-refractivity contribution in [3.8, 4) is 0 Å². The van der Waals surface area contributed by atoms with E-state index in [4.69, 9.17) is 13.7 Å². The quantitative estimate of drug-likeness (QED) is 0.556. The number of esters is 1. The standard InChI is InChI=1S/C19H20O8S/c1-12-7-9-14(10-8-12)28(23,24)27-17-16(21)15(20)11-25-19(17)26-18(22)13-5-3-2-4-6-13/h2-10,15-17,19-21H,11H2,1H3/t15-,16+,17+,19-/m1/s1. The molecule has 0 bridgehead atoms. The Labute approximate surface area is 162 Å². The Balaban J connectivity index is 1.81. The number of carbonyl (C=O) groups excluding carboxylic acids is 1. The molecule has 1 aliphatic heterocycles. The fourth-order valence-electron chi connectivity index (χ4n) is 2.62. The minimum absolute atomic E-state index is 0.140. The van der Waals surface area contributed by atoms with Crippen LogP contribution in [0.3, 0.4) is 0 Å². The highest BCUT2D eigenvalue weighted by Gasteiger charge is 2.45. The van der Waals surface area contributed by atoms with Gasteiger partial charge in [-0.15, -0.1) is 0 Å². The molecule has 0 aliphatic carbocycles. The number of aliphatic hydroxyl groups excluding tert-OH is 2. The molecule has 1 aliphatic rings. The van der Waals surface area contributed by atoms with Crippen LogP contribution in [0.2, 0.25) is 0 Å². The van der Waals surface area contributed by atoms with Gasteiger partial charge in [-0.2, -0.15) is 8.42 Å². The van der Waals surface area contributed by atoms with E-state index >= 15 is 0 Å². The number of rotatable bonds is 5. The van der Waals surface area contributed by atoms with Crippen LogP contribution in [0, 0.1) is 6.92 Å². The van der Waals surface area contributed by atoms with Crippen LogP contribution in [-0.2, 0) is 23.8 Å². The second kappa shape index (κ2) is 8.38. The zero-order chi connectivity index (χ0) is 20.3. The highest BCUT2D eigenvalue weighted by molar-refractivity contribution is 7.86. The molecule has 0 spiro atoms. The van der Waals surface area contributed by atoms with Gasteiger partial charge in [0, 0.05) is 0 Å². The fraction of sp³-hybridized carbons (Fsp3) is 0.316. The smallest absolute Gasteiger partial charge is 0.340 e. The van der Waals surface area contributed by atoms with Crippen LogP contribution in [-0.4, -0.2) is 55.8 Å². The van der Waals surface area contributed by atoms with Gasteiger partial charge in [0.1, 0.15) is 12.2 Å². The highest BCUT2D eigenvalue weighted by atomic mass is 32.2. The van der Waals surface area contributed by atoms with Gasteiger partial charge in [0.15, 0.2) is 6.10 Å². The molecule has 0 radical (unpaired) electrons. The molecule has 4 atom stereocenters. The zero-order valence-corrected chi connectivity index (χ0v) is 15.8. The molecule has 3 rings (SSSR count). The first-order valence-electron chi connectivity index (χ1n) is 8.51. The molecular formula is C19H20O8S. The van der Waals surface area contributed by atoms with Gasteiger partial charge in [0.2, 0.25) is 6.29 Å². The molecule has 0 saturated carbocycles. The summed E-state index contributed by atoms with van der Waals surface area (Å²) in [5.41, 5.74) is 1.07. The molecule has 2 aromatic carbocycles. The van der Waals surface area contributed by atoms with Crippen LogP contribution < -0.4 is 0 Å². The van der Waals surface area contributed by atoms with Crippen molar-refractivity contribution in [1.82, 2.24) is 0 Å². The Morgan fingerprint density at radius 3 is 2.36 bits per heavy atom. The number of aliphatic hydroxyl groups is 2. The molecule has 1 saturated heterocycles. The average molecular weight is 408 g/mol. The maximum Gasteiger partial charge on any atom is 0.340 e. The topological polar surface area (TPSA) is 119 Å². The number of benzene rings is 2. The molecule has 28 heavy (non-hydrogen) atoms. The van der Waals surface area contributed by atoms with E-state index in [1.165, 1.54) is 24.3 Å². The lowest BCUT2D eigenvalue weighted by atomic mass is 10.1. The second-order valence-corrected chi connectivity index (χ2v) is 7.93. The molecular weight excluding hydrogens is 388 g/mol. The monoisotopic (exact) mass is 408 g/mol. The molecule has 9 heteroatoms. The molecule has 8 nitrogen and oxygen atoms in total. The van der Waals surface area contributed by atoms with E-state index in [9.17, 15) is 23.4 Å². The van der Waals surface area contributed by atoms with E-state index in [1.54, 1.807) is 37.3 Å². The van der Waals surface area contributed by atoms with E-state index in [1.807, 2.05) is 0 Å². The first-order chi connectivity index (χ1) is 13.3. The van der Waals surface area contributed by atoms with Crippen molar-refractivity contribution < 1.29 is 37.1 Å². The summed E-state index contributed by atoms with van der Waals surface area (Å²) in [6, 6.07) is 13.9. The second-order valence-electron chi connectivity index (χ2n) is 6.36. The van der Waals surface area contributed by atoms with E-state index in [-0.39, 0.29) is 17.1 Å². The Kier molecular flexibility index (Phi) is 6.11. The first-order valence-corrected chi connectivity index (χ1v) is 9.92. The summed E-state index contributed by atoms with van der Waals surface area (Å²) in [7, 11) is -4.31. The van der Waals surface area contributed by atoms with Gasteiger partial charge in [0.05, 0.1) is 17.1 Å². The number of ether oxygens (including phenoxy) is 2. The Hall–Kier alpha value is -2.30. The van der Waals surface area contributed by atoms with E-state index in [2.05, 4.69) is 0 Å². The summed E-state index contributed by atoms with van der Waals surface area (Å²) < 4.78 is 40.6. The molecule has 0 unspecified atom stereocenters. The van der Waals surface area contributed by atoms with Crippen LogP contribution in [0.1, 0.15) is 15.9 Å². The van der Waals surface area contributed by atoms with Crippen molar-refractivity contribution in [3.63, 3.8) is 0 Å². The first kappa shape index (κ1) is 20.4. The Morgan fingerprint density at radius 1 is 1.07 bits per heavy atom. The summed E-state index contributed by atoms with van der Waals surface area (Å²) in [6.45, 7) is 1.45. The summed E-state index contributed by atoms with van der Waals surface area (Å²) in [5.74, 6) is -0.782. The summed E-state index contributed by atoms with van der Waals surface area (Å²) >= 11 is 0. The third-order valence-corrected chi connectivity index (χ3v) is 5.54. The minimum atomic E-state index is -4.31. The van der Waals surface area contributed by atoms with Crippen LogP contribution >= 0.6 is 0 Å². The zero-order valence-electron chi connectivity index (χ0n) is 15.0. The summed E-state index contributed by atoms with van der Waals surface area (Å²) in [5, 5.41) is 20.1. The third kappa shape index (κ3) is 4.57. The van der Waals surface area contributed by atoms with E-state index < -0.39 is 40.7 Å². The Bertz CT molecular complexity index is 911. The van der Waals surface area contributed by atoms with Crippen LogP contribution in [0.15, 0.2) is 59.5 Å². The molecule has 2 aromatic rings. The van der Waals surface area contributed by atoms with E-state index in [0.717, 1.165) is 5.56 Å². The average Bonchev–Trinajstić information content (AvgIpc) is 2.68. The number of aryl methyl sites for hydroxylation is 1. The van der Waals surface area contributed by atoms with Gasteiger partial charge in [0.25, 0.3) is 10.1 Å². The van der Waals surface area contributed by atoms with Crippen molar-refractivity contribution >= 4 is 16.1 Å².